The standard InChI is InChI=1S/C23H26N2OS/c1-4-6-7-18-12-13-20-21(15-18)27-23(25(20)14-5-2)24-22(26)16-19-10-8-17(3)9-11-19/h5,8-13,15H,2,4,6-7,14,16H2,1,3H3. The molecule has 0 aliphatic carbocycles. The van der Waals surface area contributed by atoms with Gasteiger partial charge in [0.15, 0.2) is 4.80 Å². The summed E-state index contributed by atoms with van der Waals surface area (Å²) in [7, 11) is 0. The minimum Gasteiger partial charge on any atom is -0.313 e. The first-order valence-corrected chi connectivity index (χ1v) is 10.3. The molecule has 0 fully saturated rings. The van der Waals surface area contributed by atoms with E-state index in [1.165, 1.54) is 28.7 Å². The molecule has 0 bridgehead atoms. The van der Waals surface area contributed by atoms with Crippen LogP contribution in [0.15, 0.2) is 60.1 Å². The number of hydrogen-bond donors (Lipinski definition) is 0. The first-order chi connectivity index (χ1) is 13.1. The van der Waals surface area contributed by atoms with Crippen molar-refractivity contribution in [3.63, 3.8) is 0 Å². The minimum absolute atomic E-state index is 0.116. The number of benzene rings is 2. The highest BCUT2D eigenvalue weighted by Gasteiger charge is 2.09. The first-order valence-electron chi connectivity index (χ1n) is 9.47. The third-order valence-corrected chi connectivity index (χ3v) is 5.62. The average Bonchev–Trinajstić information content (AvgIpc) is 2.98. The zero-order valence-corrected chi connectivity index (χ0v) is 16.9. The molecule has 0 aliphatic rings. The van der Waals surface area contributed by atoms with Crippen LogP contribution in [0.2, 0.25) is 0 Å². The number of aryl methyl sites for hydroxylation is 2. The van der Waals surface area contributed by atoms with E-state index >= 15 is 0 Å². The van der Waals surface area contributed by atoms with Gasteiger partial charge in [-0.1, -0.05) is 66.7 Å². The monoisotopic (exact) mass is 378 g/mol. The SMILES string of the molecule is C=CCn1c(=NC(=O)Cc2ccc(C)cc2)sc2cc(CCCC)ccc21. The van der Waals surface area contributed by atoms with E-state index in [2.05, 4.69) is 41.3 Å². The lowest BCUT2D eigenvalue weighted by Gasteiger charge is -2.03. The van der Waals surface area contributed by atoms with Crippen LogP contribution in [0.25, 0.3) is 10.2 Å². The Morgan fingerprint density at radius 1 is 1.19 bits per heavy atom. The summed E-state index contributed by atoms with van der Waals surface area (Å²) in [4.78, 5) is 17.7. The molecule has 0 saturated carbocycles. The Kier molecular flexibility index (Phi) is 6.40. The zero-order chi connectivity index (χ0) is 19.2. The number of hydrogen-bond acceptors (Lipinski definition) is 2. The van der Waals surface area contributed by atoms with E-state index in [0.29, 0.717) is 13.0 Å². The lowest BCUT2D eigenvalue weighted by atomic mass is 10.1. The number of amides is 1. The molecule has 0 radical (unpaired) electrons. The summed E-state index contributed by atoms with van der Waals surface area (Å²) in [5.41, 5.74) is 4.64. The molecule has 140 valence electrons. The van der Waals surface area contributed by atoms with Crippen molar-refractivity contribution in [3.05, 3.63) is 76.6 Å². The van der Waals surface area contributed by atoms with Crippen LogP contribution in [0.3, 0.4) is 0 Å². The molecule has 0 aliphatic heterocycles. The van der Waals surface area contributed by atoms with Gasteiger partial charge in [0.1, 0.15) is 0 Å². The summed E-state index contributed by atoms with van der Waals surface area (Å²) in [6.45, 7) is 8.75. The van der Waals surface area contributed by atoms with Crippen molar-refractivity contribution in [1.82, 2.24) is 4.57 Å². The number of carbonyl (C=O) groups excluding carboxylic acids is 1. The summed E-state index contributed by atoms with van der Waals surface area (Å²) in [5.74, 6) is -0.116. The number of thiazole rings is 1. The van der Waals surface area contributed by atoms with Gasteiger partial charge in [-0.2, -0.15) is 4.99 Å². The van der Waals surface area contributed by atoms with Crippen LogP contribution in [0.5, 0.6) is 0 Å². The maximum absolute atomic E-state index is 12.5. The summed E-state index contributed by atoms with van der Waals surface area (Å²) < 4.78 is 3.25. The molecule has 3 nitrogen and oxygen atoms in total. The Morgan fingerprint density at radius 2 is 1.93 bits per heavy atom. The van der Waals surface area contributed by atoms with E-state index in [1.807, 2.05) is 37.3 Å². The summed E-state index contributed by atoms with van der Waals surface area (Å²) in [6.07, 6.45) is 5.64. The van der Waals surface area contributed by atoms with Crippen LogP contribution in [0, 0.1) is 6.92 Å². The highest BCUT2D eigenvalue weighted by molar-refractivity contribution is 7.16. The number of aromatic nitrogens is 1. The lowest BCUT2D eigenvalue weighted by Crippen LogP contribution is -2.16. The van der Waals surface area contributed by atoms with Crippen molar-refractivity contribution >= 4 is 27.5 Å². The van der Waals surface area contributed by atoms with Gasteiger partial charge < -0.3 is 4.57 Å². The van der Waals surface area contributed by atoms with Crippen molar-refractivity contribution in [2.45, 2.75) is 46.1 Å². The van der Waals surface area contributed by atoms with Crippen LogP contribution < -0.4 is 4.80 Å². The fourth-order valence-corrected chi connectivity index (χ4v) is 4.19. The molecule has 1 heterocycles. The van der Waals surface area contributed by atoms with Crippen molar-refractivity contribution in [2.75, 3.05) is 0 Å². The minimum atomic E-state index is -0.116. The number of rotatable bonds is 7. The molecule has 2 aromatic carbocycles. The van der Waals surface area contributed by atoms with E-state index in [1.54, 1.807) is 11.3 Å². The molecule has 3 rings (SSSR count). The van der Waals surface area contributed by atoms with E-state index in [0.717, 1.165) is 22.3 Å². The molecule has 1 aromatic heterocycles. The molecule has 0 unspecified atom stereocenters. The van der Waals surface area contributed by atoms with Crippen LogP contribution in [0.1, 0.15) is 36.5 Å². The van der Waals surface area contributed by atoms with E-state index in [9.17, 15) is 4.79 Å². The maximum atomic E-state index is 12.5. The van der Waals surface area contributed by atoms with Crippen LogP contribution in [0.4, 0.5) is 0 Å². The van der Waals surface area contributed by atoms with Crippen molar-refractivity contribution < 1.29 is 4.79 Å². The Labute approximate surface area is 164 Å². The smallest absolute Gasteiger partial charge is 0.252 e. The number of carbonyl (C=O) groups is 1. The van der Waals surface area contributed by atoms with Gasteiger partial charge in [-0.25, -0.2) is 0 Å². The molecule has 0 saturated heterocycles. The second-order valence-electron chi connectivity index (χ2n) is 6.86. The first kappa shape index (κ1) is 19.3. The van der Waals surface area contributed by atoms with Gasteiger partial charge >= 0.3 is 0 Å². The normalized spacial score (nSPS) is 11.9. The van der Waals surface area contributed by atoms with Gasteiger partial charge in [-0.05, 0) is 43.0 Å². The Balaban J connectivity index is 1.94. The van der Waals surface area contributed by atoms with Crippen molar-refractivity contribution in [2.24, 2.45) is 4.99 Å². The van der Waals surface area contributed by atoms with Crippen LogP contribution >= 0.6 is 11.3 Å². The van der Waals surface area contributed by atoms with Gasteiger partial charge in [0.2, 0.25) is 0 Å². The van der Waals surface area contributed by atoms with Crippen LogP contribution in [-0.2, 0) is 24.2 Å². The van der Waals surface area contributed by atoms with E-state index in [-0.39, 0.29) is 5.91 Å². The zero-order valence-electron chi connectivity index (χ0n) is 16.1. The second kappa shape index (κ2) is 8.96. The molecule has 0 spiro atoms. The number of allylic oxidation sites excluding steroid dienone is 1. The molecule has 1 amide bonds. The number of fused-ring (bicyclic) bond motifs is 1. The van der Waals surface area contributed by atoms with Crippen LogP contribution in [-0.4, -0.2) is 10.5 Å². The topological polar surface area (TPSA) is 34.4 Å². The summed E-state index contributed by atoms with van der Waals surface area (Å²) in [6, 6.07) is 14.6. The van der Waals surface area contributed by atoms with Gasteiger partial charge in [0.25, 0.3) is 5.91 Å². The molecule has 4 heteroatoms. The third-order valence-electron chi connectivity index (χ3n) is 4.57. The fourth-order valence-electron chi connectivity index (χ4n) is 3.07. The predicted molar refractivity (Wildman–Crippen MR) is 114 cm³/mol. The lowest BCUT2D eigenvalue weighted by molar-refractivity contribution is -0.117. The largest absolute Gasteiger partial charge is 0.313 e. The molecular formula is C23H26N2OS. The molecule has 27 heavy (non-hydrogen) atoms. The fraction of sp³-hybridized carbons (Fsp3) is 0.304. The quantitative estimate of drug-likeness (QED) is 0.520. The van der Waals surface area contributed by atoms with Gasteiger partial charge in [-0.3, -0.25) is 4.79 Å². The predicted octanol–water partition coefficient (Wildman–Crippen LogP) is 5.21. The average molecular weight is 379 g/mol. The van der Waals surface area contributed by atoms with E-state index < -0.39 is 0 Å². The second-order valence-corrected chi connectivity index (χ2v) is 7.87. The van der Waals surface area contributed by atoms with Crippen molar-refractivity contribution in [1.29, 1.82) is 0 Å². The van der Waals surface area contributed by atoms with Gasteiger partial charge in [-0.15, -0.1) is 6.58 Å². The summed E-state index contributed by atoms with van der Waals surface area (Å²) in [5, 5.41) is 0. The molecule has 0 N–H and O–H groups in total. The number of unbranched alkanes of at least 4 members (excludes halogenated alkanes) is 1. The highest BCUT2D eigenvalue weighted by atomic mass is 32.1. The Bertz CT molecular complexity index is 1010. The molecule has 0 atom stereocenters. The van der Waals surface area contributed by atoms with Gasteiger partial charge in [0, 0.05) is 6.54 Å². The molecular weight excluding hydrogens is 352 g/mol. The maximum Gasteiger partial charge on any atom is 0.252 e. The van der Waals surface area contributed by atoms with E-state index in [4.69, 9.17) is 0 Å². The van der Waals surface area contributed by atoms with Gasteiger partial charge in [0.05, 0.1) is 16.6 Å². The third kappa shape index (κ3) is 4.83. The van der Waals surface area contributed by atoms with Crippen molar-refractivity contribution in [3.8, 4) is 0 Å². The summed E-state index contributed by atoms with van der Waals surface area (Å²) >= 11 is 1.58. The highest BCUT2D eigenvalue weighted by Crippen LogP contribution is 2.20. The molecule has 3 aromatic rings. The number of nitrogens with zero attached hydrogens (tertiary/aromatic N) is 2. The Hall–Kier alpha value is -2.46. The Morgan fingerprint density at radius 3 is 2.63 bits per heavy atom.